The van der Waals surface area contributed by atoms with Crippen molar-refractivity contribution in [2.24, 2.45) is 0 Å². The van der Waals surface area contributed by atoms with Crippen molar-refractivity contribution < 1.29 is 10.0 Å². The number of aliphatic hydroxyl groups excluding tert-OH is 1. The Morgan fingerprint density at radius 1 is 1.13 bits per heavy atom. The molecule has 116 valence electrons. The maximum absolute atomic E-state index is 10.6. The lowest BCUT2D eigenvalue weighted by Gasteiger charge is -2.13. The van der Waals surface area contributed by atoms with Gasteiger partial charge in [-0.3, -0.25) is 10.1 Å². The first-order valence-corrected chi connectivity index (χ1v) is 7.01. The highest BCUT2D eigenvalue weighted by molar-refractivity contribution is 5.88. The molecule has 1 heterocycles. The van der Waals surface area contributed by atoms with Crippen molar-refractivity contribution in [1.82, 2.24) is 9.97 Å². The van der Waals surface area contributed by atoms with Crippen LogP contribution < -0.4 is 5.32 Å². The molecule has 1 atom stereocenters. The SMILES string of the molecule is O=[N+]([O-])c1ccc(C(O)CNc2ncnc3ccccc23)cc1. The van der Waals surface area contributed by atoms with E-state index in [1.807, 2.05) is 24.3 Å². The lowest BCUT2D eigenvalue weighted by Crippen LogP contribution is -2.13. The Labute approximate surface area is 131 Å². The molecule has 2 N–H and O–H groups in total. The van der Waals surface area contributed by atoms with Gasteiger partial charge in [0.2, 0.25) is 0 Å². The normalized spacial score (nSPS) is 12.0. The van der Waals surface area contributed by atoms with Gasteiger partial charge in [0.25, 0.3) is 5.69 Å². The van der Waals surface area contributed by atoms with Gasteiger partial charge in [-0.2, -0.15) is 0 Å². The van der Waals surface area contributed by atoms with E-state index in [0.29, 0.717) is 11.4 Å². The second-order valence-corrected chi connectivity index (χ2v) is 4.98. The minimum Gasteiger partial charge on any atom is -0.387 e. The summed E-state index contributed by atoms with van der Waals surface area (Å²) >= 11 is 0. The quantitative estimate of drug-likeness (QED) is 0.555. The number of hydrogen-bond donors (Lipinski definition) is 2. The van der Waals surface area contributed by atoms with Crippen LogP contribution in [0.4, 0.5) is 11.5 Å². The van der Waals surface area contributed by atoms with E-state index in [1.54, 1.807) is 12.1 Å². The van der Waals surface area contributed by atoms with Crippen molar-refractivity contribution in [1.29, 1.82) is 0 Å². The van der Waals surface area contributed by atoms with Crippen LogP contribution in [0.2, 0.25) is 0 Å². The minimum absolute atomic E-state index is 0.00398. The molecule has 0 radical (unpaired) electrons. The van der Waals surface area contributed by atoms with Crippen molar-refractivity contribution in [3.8, 4) is 0 Å². The number of anilines is 1. The molecule has 0 aliphatic rings. The number of rotatable bonds is 5. The van der Waals surface area contributed by atoms with Crippen LogP contribution in [0, 0.1) is 10.1 Å². The van der Waals surface area contributed by atoms with E-state index in [9.17, 15) is 15.2 Å². The fraction of sp³-hybridized carbons (Fsp3) is 0.125. The van der Waals surface area contributed by atoms with Gasteiger partial charge in [0, 0.05) is 24.1 Å². The molecule has 1 unspecified atom stereocenters. The second-order valence-electron chi connectivity index (χ2n) is 4.98. The largest absolute Gasteiger partial charge is 0.387 e. The van der Waals surface area contributed by atoms with Gasteiger partial charge in [-0.25, -0.2) is 9.97 Å². The predicted molar refractivity (Wildman–Crippen MR) is 86.1 cm³/mol. The van der Waals surface area contributed by atoms with E-state index in [1.165, 1.54) is 18.5 Å². The van der Waals surface area contributed by atoms with Crippen molar-refractivity contribution >= 4 is 22.4 Å². The molecule has 7 heteroatoms. The van der Waals surface area contributed by atoms with E-state index < -0.39 is 11.0 Å². The first kappa shape index (κ1) is 14.9. The van der Waals surface area contributed by atoms with Crippen molar-refractivity contribution in [2.75, 3.05) is 11.9 Å². The Hall–Kier alpha value is -3.06. The van der Waals surface area contributed by atoms with Gasteiger partial charge in [0.05, 0.1) is 16.5 Å². The van der Waals surface area contributed by atoms with E-state index in [-0.39, 0.29) is 12.2 Å². The van der Waals surface area contributed by atoms with E-state index in [0.717, 1.165) is 10.9 Å². The molecule has 0 bridgehead atoms. The summed E-state index contributed by atoms with van der Waals surface area (Å²) < 4.78 is 0. The Morgan fingerprint density at radius 3 is 2.61 bits per heavy atom. The number of nitrogens with zero attached hydrogens (tertiary/aromatic N) is 3. The molecular formula is C16H14N4O3. The number of aliphatic hydroxyl groups is 1. The van der Waals surface area contributed by atoms with Crippen molar-refractivity contribution in [3.05, 3.63) is 70.5 Å². The highest BCUT2D eigenvalue weighted by atomic mass is 16.6. The molecule has 0 aliphatic heterocycles. The molecule has 0 aliphatic carbocycles. The molecule has 0 saturated carbocycles. The van der Waals surface area contributed by atoms with Gasteiger partial charge in [0.15, 0.2) is 0 Å². The third-order valence-electron chi connectivity index (χ3n) is 3.49. The maximum atomic E-state index is 10.6. The van der Waals surface area contributed by atoms with E-state index >= 15 is 0 Å². The number of benzene rings is 2. The average Bonchev–Trinajstić information content (AvgIpc) is 2.59. The molecule has 1 aromatic heterocycles. The molecule has 0 saturated heterocycles. The number of non-ortho nitro benzene ring substituents is 1. The van der Waals surface area contributed by atoms with Crippen LogP contribution >= 0.6 is 0 Å². The maximum Gasteiger partial charge on any atom is 0.269 e. The number of para-hydroxylation sites is 1. The predicted octanol–water partition coefficient (Wildman–Crippen LogP) is 2.68. The lowest BCUT2D eigenvalue weighted by molar-refractivity contribution is -0.384. The summed E-state index contributed by atoms with van der Waals surface area (Å²) in [5, 5.41) is 24.8. The highest BCUT2D eigenvalue weighted by Crippen LogP contribution is 2.21. The minimum atomic E-state index is -0.801. The molecule has 23 heavy (non-hydrogen) atoms. The summed E-state index contributed by atoms with van der Waals surface area (Å²) in [6, 6.07) is 13.4. The third-order valence-corrected chi connectivity index (χ3v) is 3.49. The molecule has 3 aromatic rings. The van der Waals surface area contributed by atoms with Gasteiger partial charge < -0.3 is 10.4 Å². The summed E-state index contributed by atoms with van der Waals surface area (Å²) in [6.07, 6.45) is 0.660. The molecular weight excluding hydrogens is 296 g/mol. The summed E-state index contributed by atoms with van der Waals surface area (Å²) in [7, 11) is 0. The van der Waals surface area contributed by atoms with Crippen LogP contribution in [-0.2, 0) is 0 Å². The zero-order valence-corrected chi connectivity index (χ0v) is 12.1. The fourth-order valence-electron chi connectivity index (χ4n) is 2.28. The van der Waals surface area contributed by atoms with E-state index in [4.69, 9.17) is 0 Å². The van der Waals surface area contributed by atoms with Gasteiger partial charge in [0.1, 0.15) is 12.1 Å². The number of aromatic nitrogens is 2. The second kappa shape index (κ2) is 6.37. The molecule has 0 fully saturated rings. The van der Waals surface area contributed by atoms with Crippen LogP contribution in [0.15, 0.2) is 54.9 Å². The Kier molecular flexibility index (Phi) is 4.11. The van der Waals surface area contributed by atoms with Crippen LogP contribution in [0.1, 0.15) is 11.7 Å². The smallest absolute Gasteiger partial charge is 0.269 e. The summed E-state index contributed by atoms with van der Waals surface area (Å²) in [6.45, 7) is 0.235. The first-order valence-electron chi connectivity index (χ1n) is 7.01. The highest BCUT2D eigenvalue weighted by Gasteiger charge is 2.11. The van der Waals surface area contributed by atoms with Crippen LogP contribution in [0.25, 0.3) is 10.9 Å². The number of nitrogens with one attached hydrogen (secondary N) is 1. The first-order chi connectivity index (χ1) is 11.1. The van der Waals surface area contributed by atoms with Gasteiger partial charge in [-0.1, -0.05) is 12.1 Å². The van der Waals surface area contributed by atoms with Crippen LogP contribution in [0.3, 0.4) is 0 Å². The summed E-state index contributed by atoms with van der Waals surface area (Å²) in [4.78, 5) is 18.5. The molecule has 2 aromatic carbocycles. The zero-order chi connectivity index (χ0) is 16.2. The van der Waals surface area contributed by atoms with Crippen LogP contribution in [-0.4, -0.2) is 26.5 Å². The Balaban J connectivity index is 1.73. The standard InChI is InChI=1S/C16H14N4O3/c21-15(11-5-7-12(8-6-11)20(22)23)9-17-16-13-3-1-2-4-14(13)18-10-19-16/h1-8,10,15,21H,9H2,(H,17,18,19). The van der Waals surface area contributed by atoms with E-state index in [2.05, 4.69) is 15.3 Å². The number of nitro groups is 1. The topological polar surface area (TPSA) is 101 Å². The molecule has 7 nitrogen and oxygen atoms in total. The molecule has 3 rings (SSSR count). The number of hydrogen-bond acceptors (Lipinski definition) is 6. The van der Waals surface area contributed by atoms with Gasteiger partial charge >= 0.3 is 0 Å². The Morgan fingerprint density at radius 2 is 1.87 bits per heavy atom. The molecule has 0 spiro atoms. The summed E-state index contributed by atoms with van der Waals surface area (Å²) in [5.74, 6) is 0.636. The zero-order valence-electron chi connectivity index (χ0n) is 12.1. The Bertz CT molecular complexity index is 831. The number of fused-ring (bicyclic) bond motifs is 1. The third kappa shape index (κ3) is 3.24. The fourth-order valence-corrected chi connectivity index (χ4v) is 2.28. The van der Waals surface area contributed by atoms with Crippen LogP contribution in [0.5, 0.6) is 0 Å². The van der Waals surface area contributed by atoms with Gasteiger partial charge in [-0.05, 0) is 29.8 Å². The van der Waals surface area contributed by atoms with Crippen molar-refractivity contribution in [2.45, 2.75) is 6.10 Å². The lowest BCUT2D eigenvalue weighted by atomic mass is 10.1. The van der Waals surface area contributed by atoms with Crippen molar-refractivity contribution in [3.63, 3.8) is 0 Å². The monoisotopic (exact) mass is 310 g/mol. The number of nitro benzene ring substituents is 1. The average molecular weight is 310 g/mol. The van der Waals surface area contributed by atoms with Gasteiger partial charge in [-0.15, -0.1) is 0 Å². The molecule has 0 amide bonds. The summed E-state index contributed by atoms with van der Waals surface area (Å²) in [5.41, 5.74) is 1.41.